The first-order chi connectivity index (χ1) is 14.1. The molecule has 0 aliphatic rings. The number of fused-ring (bicyclic) bond motifs is 3. The summed E-state index contributed by atoms with van der Waals surface area (Å²) in [5.74, 6) is 0. The predicted molar refractivity (Wildman–Crippen MR) is 114 cm³/mol. The summed E-state index contributed by atoms with van der Waals surface area (Å²) in [5.41, 5.74) is 6.21. The lowest BCUT2D eigenvalue weighted by atomic mass is 9.91. The van der Waals surface area contributed by atoms with E-state index in [4.69, 9.17) is 0 Å². The Kier molecular flexibility index (Phi) is 3.88. The van der Waals surface area contributed by atoms with Crippen LogP contribution < -0.4 is 4.57 Å². The maximum absolute atomic E-state index is 11.5. The van der Waals surface area contributed by atoms with Crippen LogP contribution in [-0.4, -0.2) is 9.32 Å². The molecule has 0 aliphatic heterocycles. The van der Waals surface area contributed by atoms with E-state index in [-0.39, 0.29) is 10.6 Å². The van der Waals surface area contributed by atoms with Crippen molar-refractivity contribution in [1.29, 1.82) is 0 Å². The Balaban J connectivity index is 2.06. The van der Waals surface area contributed by atoms with E-state index in [1.807, 2.05) is 61.9 Å². The van der Waals surface area contributed by atoms with E-state index >= 15 is 0 Å². The number of imidazole rings is 1. The van der Waals surface area contributed by atoms with Crippen LogP contribution in [0.2, 0.25) is 0 Å². The number of rotatable bonds is 3. The van der Waals surface area contributed by atoms with E-state index in [9.17, 15) is 10.1 Å². The summed E-state index contributed by atoms with van der Waals surface area (Å²) in [6.07, 6.45) is 4.02. The normalized spacial score (nSPS) is 11.2. The Morgan fingerprint density at radius 3 is 2.10 bits per heavy atom. The van der Waals surface area contributed by atoms with E-state index in [2.05, 4.69) is 33.2 Å². The van der Waals surface area contributed by atoms with Gasteiger partial charge in [-0.15, -0.1) is 0 Å². The van der Waals surface area contributed by atoms with Crippen LogP contribution in [0.4, 0.5) is 5.69 Å². The smallest absolute Gasteiger partial charge is 0.258 e. The molecular formula is C24H18N3O2+. The Bertz CT molecular complexity index is 1370. The van der Waals surface area contributed by atoms with Crippen molar-refractivity contribution in [3.05, 3.63) is 101 Å². The molecule has 140 valence electrons. The molecule has 0 radical (unpaired) electrons. The maximum atomic E-state index is 11.5. The van der Waals surface area contributed by atoms with Crippen LogP contribution in [0.3, 0.4) is 0 Å². The average molecular weight is 380 g/mol. The molecule has 2 heterocycles. The highest BCUT2D eigenvalue weighted by molar-refractivity contribution is 6.07. The topological polar surface area (TPSA) is 51.4 Å². The molecule has 0 N–H and O–H groups in total. The van der Waals surface area contributed by atoms with Crippen molar-refractivity contribution in [3.8, 4) is 22.3 Å². The Hall–Kier alpha value is -3.99. The number of benzene rings is 3. The zero-order valence-corrected chi connectivity index (χ0v) is 15.8. The fraction of sp³-hybridized carbons (Fsp3) is 0.0417. The van der Waals surface area contributed by atoms with Crippen LogP contribution in [0.25, 0.3) is 38.8 Å². The first-order valence-electron chi connectivity index (χ1n) is 9.37. The highest BCUT2D eigenvalue weighted by Gasteiger charge is 2.25. The second-order valence-corrected chi connectivity index (χ2v) is 7.04. The second-order valence-electron chi connectivity index (χ2n) is 7.04. The van der Waals surface area contributed by atoms with Crippen LogP contribution in [-0.2, 0) is 7.05 Å². The van der Waals surface area contributed by atoms with Crippen LogP contribution in [0, 0.1) is 10.1 Å². The van der Waals surface area contributed by atoms with Gasteiger partial charge in [-0.1, -0.05) is 60.7 Å². The van der Waals surface area contributed by atoms with Gasteiger partial charge in [0.25, 0.3) is 11.3 Å². The molecule has 0 aliphatic carbocycles. The molecule has 5 heteroatoms. The number of nitrogens with zero attached hydrogens (tertiary/aromatic N) is 3. The third-order valence-electron chi connectivity index (χ3n) is 5.32. The highest BCUT2D eigenvalue weighted by Crippen LogP contribution is 2.41. The number of nitro benzene ring substituents is 1. The Labute approximate surface area is 167 Å². The summed E-state index contributed by atoms with van der Waals surface area (Å²) in [5, 5.41) is 12.4. The minimum Gasteiger partial charge on any atom is -0.258 e. The molecule has 0 unspecified atom stereocenters. The largest absolute Gasteiger partial charge is 0.295 e. The number of hydrogen-bond acceptors (Lipinski definition) is 2. The lowest BCUT2D eigenvalue weighted by molar-refractivity contribution is -0.644. The van der Waals surface area contributed by atoms with Crippen LogP contribution >= 0.6 is 0 Å². The summed E-state index contributed by atoms with van der Waals surface area (Å²) in [7, 11) is 2.02. The number of nitro groups is 1. The first kappa shape index (κ1) is 17.1. The molecule has 0 bridgehead atoms. The maximum Gasteiger partial charge on any atom is 0.295 e. The fourth-order valence-corrected chi connectivity index (χ4v) is 4.05. The first-order valence-corrected chi connectivity index (χ1v) is 9.37. The van der Waals surface area contributed by atoms with E-state index in [0.717, 1.165) is 38.8 Å². The lowest BCUT2D eigenvalue weighted by Gasteiger charge is -2.14. The monoisotopic (exact) mass is 380 g/mol. The molecule has 5 nitrogen and oxygen atoms in total. The zero-order valence-electron chi connectivity index (χ0n) is 15.8. The number of aromatic nitrogens is 2. The lowest BCUT2D eigenvalue weighted by Crippen LogP contribution is -2.26. The number of hydrogen-bond donors (Lipinski definition) is 0. The van der Waals surface area contributed by atoms with Crippen molar-refractivity contribution in [2.45, 2.75) is 0 Å². The molecular weight excluding hydrogens is 362 g/mol. The fourth-order valence-electron chi connectivity index (χ4n) is 4.05. The third-order valence-corrected chi connectivity index (χ3v) is 5.32. The summed E-state index contributed by atoms with van der Waals surface area (Å²) in [4.78, 5) is 11.2. The third kappa shape index (κ3) is 2.67. The number of non-ortho nitro benzene ring substituents is 1. The molecule has 0 saturated heterocycles. The van der Waals surface area contributed by atoms with Crippen LogP contribution in [0.15, 0.2) is 91.3 Å². The molecule has 0 saturated carbocycles. The van der Waals surface area contributed by atoms with Crippen LogP contribution in [0.1, 0.15) is 0 Å². The van der Waals surface area contributed by atoms with Gasteiger partial charge in [0, 0.05) is 23.1 Å². The summed E-state index contributed by atoms with van der Waals surface area (Å²) < 4.78 is 4.20. The number of aryl methyl sites for hydroxylation is 1. The Morgan fingerprint density at radius 1 is 0.862 bits per heavy atom. The minimum atomic E-state index is -0.337. The zero-order chi connectivity index (χ0) is 20.0. The van der Waals surface area contributed by atoms with Gasteiger partial charge in [-0.3, -0.25) is 10.1 Å². The van der Waals surface area contributed by atoms with E-state index < -0.39 is 0 Å². The quantitative estimate of drug-likeness (QED) is 0.247. The van der Waals surface area contributed by atoms with Crippen molar-refractivity contribution in [3.63, 3.8) is 0 Å². The molecule has 5 rings (SSSR count). The van der Waals surface area contributed by atoms with Gasteiger partial charge >= 0.3 is 0 Å². The van der Waals surface area contributed by atoms with Gasteiger partial charge < -0.3 is 0 Å². The van der Waals surface area contributed by atoms with E-state index in [1.165, 1.54) is 0 Å². The molecule has 29 heavy (non-hydrogen) atoms. The summed E-state index contributed by atoms with van der Waals surface area (Å²) in [6, 6.07) is 25.4. The second kappa shape index (κ2) is 6.56. The SMILES string of the molecule is C[n+]1ccn2c3ccc([N+](=O)[O-])cc3c(-c3ccccc3)c(-c3ccccc3)c21. The van der Waals surface area contributed by atoms with Crippen molar-refractivity contribution in [1.82, 2.24) is 4.40 Å². The predicted octanol–water partition coefficient (Wildman–Crippen LogP) is 5.16. The average Bonchev–Trinajstić information content (AvgIpc) is 3.15. The minimum absolute atomic E-state index is 0.0876. The number of pyridine rings is 1. The summed E-state index contributed by atoms with van der Waals surface area (Å²) >= 11 is 0. The van der Waals surface area contributed by atoms with E-state index in [1.54, 1.807) is 12.1 Å². The van der Waals surface area contributed by atoms with Crippen molar-refractivity contribution >= 4 is 22.2 Å². The molecule has 3 aromatic carbocycles. The summed E-state index contributed by atoms with van der Waals surface area (Å²) in [6.45, 7) is 0. The molecule has 2 aromatic heterocycles. The van der Waals surface area contributed by atoms with Crippen molar-refractivity contribution in [2.24, 2.45) is 7.05 Å². The van der Waals surface area contributed by atoms with Gasteiger partial charge in [0.2, 0.25) is 0 Å². The van der Waals surface area contributed by atoms with Gasteiger partial charge in [0.05, 0.1) is 17.5 Å². The van der Waals surface area contributed by atoms with Gasteiger partial charge in [-0.2, -0.15) is 4.40 Å². The van der Waals surface area contributed by atoms with Gasteiger partial charge in [0.1, 0.15) is 17.9 Å². The van der Waals surface area contributed by atoms with Gasteiger partial charge in [-0.05, 0) is 17.2 Å². The molecule has 0 amide bonds. The Morgan fingerprint density at radius 2 is 1.48 bits per heavy atom. The van der Waals surface area contributed by atoms with Gasteiger partial charge in [0.15, 0.2) is 0 Å². The van der Waals surface area contributed by atoms with E-state index in [0.29, 0.717) is 0 Å². The van der Waals surface area contributed by atoms with Crippen LogP contribution in [0.5, 0.6) is 0 Å². The van der Waals surface area contributed by atoms with Crippen molar-refractivity contribution < 1.29 is 9.49 Å². The molecule has 5 aromatic rings. The molecule has 0 fully saturated rings. The highest BCUT2D eigenvalue weighted by atomic mass is 16.6. The standard InChI is InChI=1S/C24H18N3O2/c1-25-14-15-26-21-13-12-19(27(28)29)16-20(21)22(17-8-4-2-5-9-17)23(24(25)26)18-10-6-3-7-11-18/h2-16H,1H3/q+1. The molecule has 0 spiro atoms. The van der Waals surface area contributed by atoms with Crippen molar-refractivity contribution in [2.75, 3.05) is 0 Å². The van der Waals surface area contributed by atoms with Gasteiger partial charge in [-0.25, -0.2) is 4.57 Å². The molecule has 0 atom stereocenters.